The summed E-state index contributed by atoms with van der Waals surface area (Å²) in [6, 6.07) is 0.191. The second-order valence-corrected chi connectivity index (χ2v) is 4.32. The van der Waals surface area contributed by atoms with Crippen LogP contribution in [0.1, 0.15) is 6.42 Å². The molecule has 0 bridgehead atoms. The van der Waals surface area contributed by atoms with Crippen LogP contribution in [0.25, 0.3) is 0 Å². The van der Waals surface area contributed by atoms with Crippen LogP contribution in [0, 0.1) is 0 Å². The Morgan fingerprint density at radius 1 is 1.12 bits per heavy atom. The van der Waals surface area contributed by atoms with Crippen LogP contribution in [-0.4, -0.2) is 82.2 Å². The zero-order chi connectivity index (χ0) is 12.8. The minimum Gasteiger partial charge on any atom is -0.394 e. The lowest BCUT2D eigenvalue weighted by molar-refractivity contribution is -0.114. The van der Waals surface area contributed by atoms with E-state index in [0.29, 0.717) is 6.54 Å². The highest BCUT2D eigenvalue weighted by Gasteiger charge is 2.30. The minimum absolute atomic E-state index is 0.108. The lowest BCUT2D eigenvalue weighted by Gasteiger charge is -2.26. The highest BCUT2D eigenvalue weighted by atomic mass is 16.4. The summed E-state index contributed by atoms with van der Waals surface area (Å²) in [6.07, 6.45) is -4.83. The maximum absolute atomic E-state index is 9.60. The smallest absolute Gasteiger partial charge is 0.111 e. The van der Waals surface area contributed by atoms with Gasteiger partial charge in [-0.2, -0.15) is 0 Å². The predicted octanol–water partition coefficient (Wildman–Crippen LogP) is -3.61. The molecule has 1 radical (unpaired) electrons. The Hall–Kier alpha value is -0.280. The van der Waals surface area contributed by atoms with Crippen LogP contribution in [0.15, 0.2) is 0 Å². The molecule has 7 heteroatoms. The summed E-state index contributed by atoms with van der Waals surface area (Å²) in [5.41, 5.74) is 0. The molecule has 6 N–H and O–H groups in total. The fourth-order valence-electron chi connectivity index (χ4n) is 1.72. The van der Waals surface area contributed by atoms with E-state index in [1.54, 1.807) is 0 Å². The van der Waals surface area contributed by atoms with E-state index in [1.165, 1.54) is 0 Å². The lowest BCUT2D eigenvalue weighted by Crippen LogP contribution is -2.50. The van der Waals surface area contributed by atoms with Crippen LogP contribution in [-0.2, 0) is 0 Å². The fraction of sp³-hybridized carbons (Fsp3) is 1.00. The third-order valence-electron chi connectivity index (χ3n) is 2.93. The predicted molar refractivity (Wildman–Crippen MR) is 59.4 cm³/mol. The van der Waals surface area contributed by atoms with Crippen molar-refractivity contribution < 1.29 is 25.5 Å². The van der Waals surface area contributed by atoms with Gasteiger partial charge in [-0.3, -0.25) is 0 Å². The number of hydrogen-bond donors (Lipinski definition) is 6. The number of hydrogen-bond acceptors (Lipinski definition) is 6. The molecule has 1 aliphatic heterocycles. The molecule has 1 aliphatic rings. The number of aliphatic hydroxyl groups is 5. The fourth-order valence-corrected chi connectivity index (χ4v) is 1.72. The van der Waals surface area contributed by atoms with E-state index < -0.39 is 31.0 Å². The van der Waals surface area contributed by atoms with Gasteiger partial charge in [-0.05, 0) is 6.42 Å². The largest absolute Gasteiger partial charge is 0.394 e. The van der Waals surface area contributed by atoms with Crippen molar-refractivity contribution in [3.05, 3.63) is 0 Å². The average molecular weight is 249 g/mol. The van der Waals surface area contributed by atoms with Crippen molar-refractivity contribution in [3.8, 4) is 0 Å². The van der Waals surface area contributed by atoms with Crippen molar-refractivity contribution in [3.63, 3.8) is 0 Å². The third kappa shape index (κ3) is 4.47. The summed E-state index contributed by atoms with van der Waals surface area (Å²) in [4.78, 5) is 0. The molecule has 0 amide bonds. The molecule has 1 rings (SSSR count). The topological polar surface area (TPSA) is 127 Å². The molecular formula is C10H21N2O5. The number of nitrogens with zero attached hydrogens (tertiary/aromatic N) is 1. The van der Waals surface area contributed by atoms with Gasteiger partial charge in [-0.15, -0.1) is 0 Å². The van der Waals surface area contributed by atoms with Crippen LogP contribution in [0.2, 0.25) is 0 Å². The van der Waals surface area contributed by atoms with Crippen molar-refractivity contribution in [2.45, 2.75) is 36.9 Å². The molecular weight excluding hydrogens is 228 g/mol. The van der Waals surface area contributed by atoms with Crippen LogP contribution in [0.3, 0.4) is 0 Å². The van der Waals surface area contributed by atoms with E-state index in [9.17, 15) is 15.3 Å². The molecule has 0 aromatic carbocycles. The molecule has 1 heterocycles. The summed E-state index contributed by atoms with van der Waals surface area (Å²) in [6.45, 7) is 0.920. The second kappa shape index (κ2) is 7.22. The van der Waals surface area contributed by atoms with Gasteiger partial charge < -0.3 is 30.8 Å². The summed E-state index contributed by atoms with van der Waals surface area (Å²) in [7, 11) is 0. The van der Waals surface area contributed by atoms with Crippen LogP contribution < -0.4 is 10.6 Å². The highest BCUT2D eigenvalue weighted by molar-refractivity contribution is 4.84. The summed E-state index contributed by atoms with van der Waals surface area (Å²) in [5, 5.41) is 53.4. The van der Waals surface area contributed by atoms with Gasteiger partial charge in [-0.1, -0.05) is 0 Å². The zero-order valence-corrected chi connectivity index (χ0v) is 9.61. The molecule has 0 spiro atoms. The van der Waals surface area contributed by atoms with Gasteiger partial charge in [-0.25, -0.2) is 5.32 Å². The van der Waals surface area contributed by atoms with E-state index in [4.69, 9.17) is 10.2 Å². The Balaban J connectivity index is 2.27. The Kier molecular flexibility index (Phi) is 6.28. The number of aliphatic hydroxyl groups excluding tert-OH is 5. The van der Waals surface area contributed by atoms with Crippen LogP contribution in [0.4, 0.5) is 0 Å². The SMILES string of the molecule is OC[C@@H](O)[C@@H](O)[C@H](O)[C@H](O)CNC1CC[N]C1. The molecule has 0 saturated carbocycles. The minimum atomic E-state index is -1.56. The van der Waals surface area contributed by atoms with Crippen molar-refractivity contribution in [2.75, 3.05) is 26.2 Å². The number of rotatable bonds is 7. The molecule has 17 heavy (non-hydrogen) atoms. The molecule has 7 nitrogen and oxygen atoms in total. The second-order valence-electron chi connectivity index (χ2n) is 4.32. The third-order valence-corrected chi connectivity index (χ3v) is 2.93. The maximum atomic E-state index is 9.60. The van der Waals surface area contributed by atoms with Gasteiger partial charge in [0.05, 0.1) is 12.7 Å². The summed E-state index contributed by atoms with van der Waals surface area (Å²) < 4.78 is 0. The normalized spacial score (nSPS) is 27.7. The standard InChI is InChI=1S/C10H21N2O5/c13-5-8(15)10(17)9(16)7(14)4-12-6-1-2-11-3-6/h6-10,12-17H,1-5H2/t6?,7-,8-,9-,10-/m1/s1. The molecule has 0 aromatic rings. The first-order valence-corrected chi connectivity index (χ1v) is 5.76. The molecule has 101 valence electrons. The van der Waals surface area contributed by atoms with Gasteiger partial charge in [0, 0.05) is 25.7 Å². The van der Waals surface area contributed by atoms with E-state index in [-0.39, 0.29) is 12.6 Å². The van der Waals surface area contributed by atoms with Crippen molar-refractivity contribution in [2.24, 2.45) is 0 Å². The van der Waals surface area contributed by atoms with E-state index in [0.717, 1.165) is 13.0 Å². The quantitative estimate of drug-likeness (QED) is 0.276. The first kappa shape index (κ1) is 14.8. The Morgan fingerprint density at radius 2 is 1.76 bits per heavy atom. The van der Waals surface area contributed by atoms with E-state index in [1.807, 2.05) is 0 Å². The first-order valence-electron chi connectivity index (χ1n) is 5.76. The van der Waals surface area contributed by atoms with E-state index >= 15 is 0 Å². The lowest BCUT2D eigenvalue weighted by atomic mass is 10.0. The molecule has 5 atom stereocenters. The van der Waals surface area contributed by atoms with Crippen molar-refractivity contribution >= 4 is 0 Å². The van der Waals surface area contributed by atoms with Crippen molar-refractivity contribution in [1.29, 1.82) is 0 Å². The Labute approximate surface area is 100 Å². The monoisotopic (exact) mass is 249 g/mol. The van der Waals surface area contributed by atoms with Crippen molar-refractivity contribution in [1.82, 2.24) is 10.6 Å². The van der Waals surface area contributed by atoms with Gasteiger partial charge in [0.1, 0.15) is 18.3 Å². The van der Waals surface area contributed by atoms with Gasteiger partial charge in [0.2, 0.25) is 0 Å². The van der Waals surface area contributed by atoms with Crippen LogP contribution in [0.5, 0.6) is 0 Å². The van der Waals surface area contributed by atoms with Gasteiger partial charge in [0.25, 0.3) is 0 Å². The Bertz CT molecular complexity index is 213. The van der Waals surface area contributed by atoms with Gasteiger partial charge in [0.15, 0.2) is 0 Å². The van der Waals surface area contributed by atoms with Gasteiger partial charge >= 0.3 is 0 Å². The Morgan fingerprint density at radius 3 is 2.29 bits per heavy atom. The molecule has 1 fully saturated rings. The number of nitrogens with one attached hydrogen (secondary N) is 1. The molecule has 0 aromatic heterocycles. The zero-order valence-electron chi connectivity index (χ0n) is 9.61. The summed E-state index contributed by atoms with van der Waals surface area (Å²) >= 11 is 0. The molecule has 1 saturated heterocycles. The molecule has 0 aliphatic carbocycles. The van der Waals surface area contributed by atoms with E-state index in [2.05, 4.69) is 10.6 Å². The maximum Gasteiger partial charge on any atom is 0.111 e. The first-order chi connectivity index (χ1) is 8.06. The summed E-state index contributed by atoms with van der Waals surface area (Å²) in [5.74, 6) is 0. The average Bonchev–Trinajstić information content (AvgIpc) is 2.86. The molecule has 1 unspecified atom stereocenters. The highest BCUT2D eigenvalue weighted by Crippen LogP contribution is 2.06. The van der Waals surface area contributed by atoms with Crippen LogP contribution >= 0.6 is 0 Å².